The van der Waals surface area contributed by atoms with Gasteiger partial charge in [-0.05, 0) is 17.7 Å². The molecular weight excluding hydrogens is 223 g/mol. The van der Waals surface area contributed by atoms with Crippen molar-refractivity contribution in [3.8, 4) is 0 Å². The van der Waals surface area contributed by atoms with Gasteiger partial charge >= 0.3 is 5.97 Å². The highest BCUT2D eigenvalue weighted by Crippen LogP contribution is 2.22. The number of benzene rings is 1. The second-order valence-corrected chi connectivity index (χ2v) is 3.37. The van der Waals surface area contributed by atoms with Crippen LogP contribution < -0.4 is 0 Å². The molecule has 0 saturated heterocycles. The van der Waals surface area contributed by atoms with Crippen molar-refractivity contribution in [3.63, 3.8) is 0 Å². The third kappa shape index (κ3) is 3.05. The zero-order valence-corrected chi connectivity index (χ0v) is 8.81. The summed E-state index contributed by atoms with van der Waals surface area (Å²) in [6.07, 6.45) is 1.11. The largest absolute Gasteiger partial charge is 0.458 e. The Morgan fingerprint density at radius 2 is 2.14 bits per heavy atom. The first-order valence-electron chi connectivity index (χ1n) is 3.86. The van der Waals surface area contributed by atoms with E-state index in [-0.39, 0.29) is 6.61 Å². The molecule has 0 atom stereocenters. The number of halogens is 2. The van der Waals surface area contributed by atoms with E-state index in [0.717, 1.165) is 11.6 Å². The Kier molecular flexibility index (Phi) is 3.98. The van der Waals surface area contributed by atoms with Gasteiger partial charge in [0.05, 0.1) is 10.0 Å². The van der Waals surface area contributed by atoms with Gasteiger partial charge in [0.2, 0.25) is 0 Å². The molecule has 0 aliphatic rings. The normalized spacial score (nSPS) is 9.57. The fourth-order valence-electron chi connectivity index (χ4n) is 0.843. The van der Waals surface area contributed by atoms with Crippen LogP contribution in [0.1, 0.15) is 5.56 Å². The monoisotopic (exact) mass is 230 g/mol. The summed E-state index contributed by atoms with van der Waals surface area (Å²) in [6, 6.07) is 5.05. The van der Waals surface area contributed by atoms with Crippen molar-refractivity contribution < 1.29 is 9.53 Å². The summed E-state index contributed by atoms with van der Waals surface area (Å²) < 4.78 is 4.81. The molecule has 0 radical (unpaired) electrons. The first kappa shape index (κ1) is 11.1. The van der Waals surface area contributed by atoms with Gasteiger partial charge in [0.15, 0.2) is 0 Å². The first-order valence-corrected chi connectivity index (χ1v) is 4.62. The molecule has 0 fully saturated rings. The minimum absolute atomic E-state index is 0.168. The molecule has 4 heteroatoms. The molecule has 0 bridgehead atoms. The highest BCUT2D eigenvalue weighted by atomic mass is 35.5. The van der Waals surface area contributed by atoms with Crippen molar-refractivity contribution in [2.24, 2.45) is 0 Å². The van der Waals surface area contributed by atoms with Crippen LogP contribution in [0.25, 0.3) is 0 Å². The molecule has 0 aliphatic heterocycles. The minimum atomic E-state index is -0.462. The Balaban J connectivity index is 2.64. The van der Waals surface area contributed by atoms with Gasteiger partial charge in [0.25, 0.3) is 0 Å². The van der Waals surface area contributed by atoms with Crippen molar-refractivity contribution in [3.05, 3.63) is 46.5 Å². The van der Waals surface area contributed by atoms with Crippen LogP contribution in [-0.4, -0.2) is 5.97 Å². The average molecular weight is 231 g/mol. The predicted molar refractivity (Wildman–Crippen MR) is 56.5 cm³/mol. The average Bonchev–Trinajstić information content (AvgIpc) is 2.19. The van der Waals surface area contributed by atoms with Gasteiger partial charge in [-0.25, -0.2) is 4.79 Å². The van der Waals surface area contributed by atoms with Gasteiger partial charge in [-0.2, -0.15) is 0 Å². The summed E-state index contributed by atoms with van der Waals surface area (Å²) in [4.78, 5) is 10.7. The van der Waals surface area contributed by atoms with Crippen LogP contribution in [0, 0.1) is 0 Å². The van der Waals surface area contributed by atoms with Crippen LogP contribution in [0.2, 0.25) is 10.0 Å². The van der Waals surface area contributed by atoms with E-state index < -0.39 is 5.97 Å². The molecule has 0 spiro atoms. The molecule has 74 valence electrons. The minimum Gasteiger partial charge on any atom is -0.458 e. The van der Waals surface area contributed by atoms with E-state index in [2.05, 4.69) is 6.58 Å². The lowest BCUT2D eigenvalue weighted by molar-refractivity contribution is -0.138. The maximum atomic E-state index is 10.7. The van der Waals surface area contributed by atoms with Crippen LogP contribution in [0.5, 0.6) is 0 Å². The van der Waals surface area contributed by atoms with Gasteiger partial charge in [-0.3, -0.25) is 0 Å². The fraction of sp³-hybridized carbons (Fsp3) is 0.100. The summed E-state index contributed by atoms with van der Waals surface area (Å²) >= 11 is 11.5. The van der Waals surface area contributed by atoms with Crippen LogP contribution >= 0.6 is 23.2 Å². The Bertz CT molecular complexity index is 361. The molecule has 2 nitrogen and oxygen atoms in total. The number of carbonyl (C=O) groups is 1. The van der Waals surface area contributed by atoms with E-state index >= 15 is 0 Å². The number of esters is 1. The van der Waals surface area contributed by atoms with Crippen LogP contribution in [0.15, 0.2) is 30.9 Å². The van der Waals surface area contributed by atoms with Crippen molar-refractivity contribution in [1.29, 1.82) is 0 Å². The van der Waals surface area contributed by atoms with E-state index in [1.54, 1.807) is 18.2 Å². The van der Waals surface area contributed by atoms with Crippen LogP contribution in [0.3, 0.4) is 0 Å². The SMILES string of the molecule is C=CC(=O)OCc1ccc(Cl)c(Cl)c1. The summed E-state index contributed by atoms with van der Waals surface area (Å²) in [5.41, 5.74) is 0.787. The molecule has 0 saturated carbocycles. The van der Waals surface area contributed by atoms with E-state index in [0.29, 0.717) is 10.0 Å². The van der Waals surface area contributed by atoms with E-state index in [9.17, 15) is 4.79 Å². The molecular formula is C10H8Cl2O2. The number of carbonyl (C=O) groups excluding carboxylic acids is 1. The Morgan fingerprint density at radius 3 is 2.71 bits per heavy atom. The molecule has 14 heavy (non-hydrogen) atoms. The lowest BCUT2D eigenvalue weighted by Gasteiger charge is -2.03. The van der Waals surface area contributed by atoms with Crippen molar-refractivity contribution in [2.75, 3.05) is 0 Å². The highest BCUT2D eigenvalue weighted by Gasteiger charge is 2.01. The Hall–Kier alpha value is -0.990. The van der Waals surface area contributed by atoms with Gasteiger partial charge in [-0.1, -0.05) is 35.8 Å². The summed E-state index contributed by atoms with van der Waals surface area (Å²) in [6.45, 7) is 3.45. The third-order valence-electron chi connectivity index (χ3n) is 1.53. The summed E-state index contributed by atoms with van der Waals surface area (Å²) in [5.74, 6) is -0.462. The quantitative estimate of drug-likeness (QED) is 0.589. The molecule has 0 aliphatic carbocycles. The number of rotatable bonds is 3. The topological polar surface area (TPSA) is 26.3 Å². The summed E-state index contributed by atoms with van der Waals surface area (Å²) in [7, 11) is 0. The molecule has 1 rings (SSSR count). The van der Waals surface area contributed by atoms with Gasteiger partial charge in [-0.15, -0.1) is 0 Å². The highest BCUT2D eigenvalue weighted by molar-refractivity contribution is 6.42. The molecule has 0 unspecified atom stereocenters. The lowest BCUT2D eigenvalue weighted by Crippen LogP contribution is -1.99. The van der Waals surface area contributed by atoms with E-state index in [1.165, 1.54) is 0 Å². The smallest absolute Gasteiger partial charge is 0.330 e. The third-order valence-corrected chi connectivity index (χ3v) is 2.27. The molecule has 1 aromatic rings. The van der Waals surface area contributed by atoms with Crippen molar-refractivity contribution in [2.45, 2.75) is 6.61 Å². The fourth-order valence-corrected chi connectivity index (χ4v) is 1.16. The van der Waals surface area contributed by atoms with E-state index in [1.807, 2.05) is 0 Å². The van der Waals surface area contributed by atoms with Gasteiger partial charge in [0.1, 0.15) is 6.61 Å². The molecule has 0 amide bonds. The molecule has 0 N–H and O–H groups in total. The van der Waals surface area contributed by atoms with E-state index in [4.69, 9.17) is 27.9 Å². The molecule has 0 aromatic heterocycles. The zero-order valence-electron chi connectivity index (χ0n) is 7.30. The second-order valence-electron chi connectivity index (χ2n) is 2.56. The Morgan fingerprint density at radius 1 is 1.43 bits per heavy atom. The molecule has 1 aromatic carbocycles. The Labute approximate surface area is 92.1 Å². The first-order chi connectivity index (χ1) is 6.63. The number of hydrogen-bond donors (Lipinski definition) is 0. The van der Waals surface area contributed by atoms with Crippen molar-refractivity contribution >= 4 is 29.2 Å². The zero-order chi connectivity index (χ0) is 10.6. The van der Waals surface area contributed by atoms with Crippen LogP contribution in [0.4, 0.5) is 0 Å². The van der Waals surface area contributed by atoms with Crippen LogP contribution in [-0.2, 0) is 16.1 Å². The maximum absolute atomic E-state index is 10.7. The second kappa shape index (κ2) is 5.03. The predicted octanol–water partition coefficient (Wildman–Crippen LogP) is 3.22. The standard InChI is InChI=1S/C10H8Cl2O2/c1-2-10(13)14-6-7-3-4-8(11)9(12)5-7/h2-5H,1,6H2. The maximum Gasteiger partial charge on any atom is 0.330 e. The van der Waals surface area contributed by atoms with Gasteiger partial charge in [0, 0.05) is 6.08 Å². The van der Waals surface area contributed by atoms with Gasteiger partial charge < -0.3 is 4.74 Å². The number of hydrogen-bond acceptors (Lipinski definition) is 2. The lowest BCUT2D eigenvalue weighted by atomic mass is 10.2. The summed E-state index contributed by atoms with van der Waals surface area (Å²) in [5, 5.41) is 0.921. The molecule has 0 heterocycles. The van der Waals surface area contributed by atoms with Crippen molar-refractivity contribution in [1.82, 2.24) is 0 Å². The number of ether oxygens (including phenoxy) is 1.